The Kier molecular flexibility index (Phi) is 8.86. The molecule has 2 fully saturated rings. The fourth-order valence-electron chi connectivity index (χ4n) is 4.76. The first kappa shape index (κ1) is 25.7. The Morgan fingerprint density at radius 1 is 1.03 bits per heavy atom. The van der Waals surface area contributed by atoms with Crippen molar-refractivity contribution in [3.8, 4) is 11.1 Å². The molecular weight excluding hydrogens is 457 g/mol. The van der Waals surface area contributed by atoms with E-state index in [0.29, 0.717) is 50.2 Å². The highest BCUT2D eigenvalue weighted by Gasteiger charge is 2.32. The number of hydrogen-bond donors (Lipinski definition) is 3. The monoisotopic (exact) mass is 492 g/mol. The number of methoxy groups -OCH3 is 1. The minimum Gasteiger partial charge on any atom is -0.383 e. The fourth-order valence-corrected chi connectivity index (χ4v) is 4.76. The first-order valence-electron chi connectivity index (χ1n) is 12.4. The van der Waals surface area contributed by atoms with Crippen LogP contribution in [0.15, 0.2) is 30.5 Å². The quantitative estimate of drug-likeness (QED) is 0.410. The van der Waals surface area contributed by atoms with Crippen LogP contribution in [0.25, 0.3) is 11.1 Å². The van der Waals surface area contributed by atoms with Crippen LogP contribution < -0.4 is 16.0 Å². The lowest BCUT2D eigenvalue weighted by Gasteiger charge is -2.30. The molecule has 0 bridgehead atoms. The second kappa shape index (κ2) is 12.1. The predicted molar refractivity (Wildman–Crippen MR) is 132 cm³/mol. The summed E-state index contributed by atoms with van der Waals surface area (Å²) in [5.41, 5.74) is -0.595. The van der Waals surface area contributed by atoms with Gasteiger partial charge in [-0.05, 0) is 49.9 Å². The van der Waals surface area contributed by atoms with Gasteiger partial charge in [-0.3, -0.25) is 0 Å². The third kappa shape index (κ3) is 7.08. The maximum absolute atomic E-state index is 14.9. The number of nitrogens with zero attached hydrogens (tertiary/aromatic N) is 1. The van der Waals surface area contributed by atoms with Gasteiger partial charge >= 0.3 is 0 Å². The number of aromatic nitrogens is 1. The number of halogens is 3. The minimum atomic E-state index is -1.37. The van der Waals surface area contributed by atoms with E-state index in [2.05, 4.69) is 20.9 Å². The Balaban J connectivity index is 1.40. The molecular formula is C26H35F3N4O2. The maximum Gasteiger partial charge on any atom is 0.149 e. The Morgan fingerprint density at radius 3 is 2.49 bits per heavy atom. The molecule has 1 aliphatic carbocycles. The molecule has 0 radical (unpaired) electrons. The van der Waals surface area contributed by atoms with Crippen molar-refractivity contribution in [2.75, 3.05) is 50.7 Å². The second-order valence-corrected chi connectivity index (χ2v) is 9.50. The summed E-state index contributed by atoms with van der Waals surface area (Å²) in [6.45, 7) is 2.39. The van der Waals surface area contributed by atoms with Gasteiger partial charge < -0.3 is 25.4 Å². The molecule has 0 unspecified atom stereocenters. The molecule has 0 amide bonds. The van der Waals surface area contributed by atoms with E-state index >= 15 is 0 Å². The van der Waals surface area contributed by atoms with Crippen LogP contribution in [0.3, 0.4) is 0 Å². The molecule has 6 nitrogen and oxygen atoms in total. The van der Waals surface area contributed by atoms with E-state index in [1.54, 1.807) is 19.2 Å². The van der Waals surface area contributed by atoms with Crippen LogP contribution in [0, 0.1) is 11.6 Å². The highest BCUT2D eigenvalue weighted by molar-refractivity contribution is 5.71. The van der Waals surface area contributed by atoms with Gasteiger partial charge in [-0.2, -0.15) is 0 Å². The zero-order valence-electron chi connectivity index (χ0n) is 20.2. The number of hydrogen-bond acceptors (Lipinski definition) is 6. The topological polar surface area (TPSA) is 67.4 Å². The molecule has 1 aromatic heterocycles. The lowest BCUT2D eigenvalue weighted by Crippen LogP contribution is -2.38. The summed E-state index contributed by atoms with van der Waals surface area (Å²) in [7, 11) is 1.69. The van der Waals surface area contributed by atoms with Gasteiger partial charge in [0.25, 0.3) is 0 Å². The van der Waals surface area contributed by atoms with Gasteiger partial charge in [0, 0.05) is 75.2 Å². The molecule has 2 heterocycles. The van der Waals surface area contributed by atoms with Crippen molar-refractivity contribution in [2.45, 2.75) is 56.3 Å². The van der Waals surface area contributed by atoms with Crippen LogP contribution in [0.1, 0.15) is 38.5 Å². The Morgan fingerprint density at radius 2 is 1.74 bits per heavy atom. The lowest BCUT2D eigenvalue weighted by molar-refractivity contribution is -0.00115. The second-order valence-electron chi connectivity index (χ2n) is 9.50. The van der Waals surface area contributed by atoms with E-state index in [9.17, 15) is 13.2 Å². The van der Waals surface area contributed by atoms with Crippen LogP contribution in [-0.4, -0.2) is 62.8 Å². The van der Waals surface area contributed by atoms with Crippen LogP contribution in [-0.2, 0) is 9.47 Å². The summed E-state index contributed by atoms with van der Waals surface area (Å²) in [6, 6.07) is 6.58. The van der Waals surface area contributed by atoms with Gasteiger partial charge in [-0.1, -0.05) is 0 Å². The van der Waals surface area contributed by atoms with Gasteiger partial charge in [0.05, 0.1) is 12.8 Å². The summed E-state index contributed by atoms with van der Waals surface area (Å²) in [4.78, 5) is 4.18. The van der Waals surface area contributed by atoms with Gasteiger partial charge in [-0.25, -0.2) is 18.2 Å². The molecule has 192 valence electrons. The summed E-state index contributed by atoms with van der Waals surface area (Å²) < 4.78 is 54.7. The Labute approximate surface area is 205 Å². The molecule has 4 rings (SSSR count). The van der Waals surface area contributed by atoms with E-state index in [-0.39, 0.29) is 23.7 Å². The summed E-state index contributed by atoms with van der Waals surface area (Å²) >= 11 is 0. The van der Waals surface area contributed by atoms with E-state index in [4.69, 9.17) is 9.47 Å². The molecule has 0 atom stereocenters. The number of nitrogens with one attached hydrogen (secondary N) is 3. The largest absolute Gasteiger partial charge is 0.383 e. The fraction of sp³-hybridized carbons (Fsp3) is 0.577. The zero-order valence-corrected chi connectivity index (χ0v) is 20.2. The van der Waals surface area contributed by atoms with Crippen molar-refractivity contribution in [1.82, 2.24) is 10.3 Å². The van der Waals surface area contributed by atoms with Gasteiger partial charge in [0.15, 0.2) is 0 Å². The van der Waals surface area contributed by atoms with Gasteiger partial charge in [0.2, 0.25) is 0 Å². The molecule has 1 saturated heterocycles. The number of anilines is 2. The number of benzene rings is 1. The van der Waals surface area contributed by atoms with E-state index in [0.717, 1.165) is 38.4 Å². The minimum absolute atomic E-state index is 0.0933. The molecule has 35 heavy (non-hydrogen) atoms. The van der Waals surface area contributed by atoms with E-state index < -0.39 is 17.3 Å². The first-order chi connectivity index (χ1) is 17.0. The number of pyridine rings is 1. The van der Waals surface area contributed by atoms with Crippen molar-refractivity contribution in [3.63, 3.8) is 0 Å². The van der Waals surface area contributed by atoms with Crippen molar-refractivity contribution >= 4 is 11.5 Å². The standard InChI is InChI=1S/C26H35F3N4O2/c1-34-13-10-30-18-2-4-19(5-3-18)33-25-15-22(24(28)16-31-25)21-14-20(6-7-23(21)27)32-17-26(29)8-11-35-12-9-26/h6-7,14-16,18-19,30,32H,2-5,8-13,17H2,1H3,(H,31,33). The first-order valence-corrected chi connectivity index (χ1v) is 12.4. The van der Waals surface area contributed by atoms with Gasteiger partial charge in [0.1, 0.15) is 23.1 Å². The van der Waals surface area contributed by atoms with Crippen molar-refractivity contribution in [1.29, 1.82) is 0 Å². The third-order valence-corrected chi connectivity index (χ3v) is 6.93. The maximum atomic E-state index is 14.9. The van der Waals surface area contributed by atoms with E-state index in [1.807, 2.05) is 0 Å². The predicted octanol–water partition coefficient (Wildman–Crippen LogP) is 4.92. The number of rotatable bonds is 10. The average Bonchev–Trinajstić information content (AvgIpc) is 2.86. The van der Waals surface area contributed by atoms with Crippen LogP contribution >= 0.6 is 0 Å². The molecule has 2 aliphatic rings. The molecule has 3 N–H and O–H groups in total. The molecule has 1 aromatic carbocycles. The zero-order chi connectivity index (χ0) is 24.7. The van der Waals surface area contributed by atoms with Crippen LogP contribution in [0.5, 0.6) is 0 Å². The molecule has 0 spiro atoms. The van der Waals surface area contributed by atoms with Crippen molar-refractivity contribution < 1.29 is 22.6 Å². The Hall–Kier alpha value is -2.36. The summed E-state index contributed by atoms with van der Waals surface area (Å²) in [5.74, 6) is -0.640. The highest BCUT2D eigenvalue weighted by atomic mass is 19.1. The van der Waals surface area contributed by atoms with Gasteiger partial charge in [-0.15, -0.1) is 0 Å². The number of ether oxygens (including phenoxy) is 2. The van der Waals surface area contributed by atoms with Crippen LogP contribution in [0.2, 0.25) is 0 Å². The average molecular weight is 493 g/mol. The molecule has 1 aliphatic heterocycles. The van der Waals surface area contributed by atoms with Crippen LogP contribution in [0.4, 0.5) is 24.7 Å². The summed E-state index contributed by atoms with van der Waals surface area (Å²) in [5, 5.41) is 9.93. The van der Waals surface area contributed by atoms with E-state index in [1.165, 1.54) is 12.1 Å². The molecule has 2 aromatic rings. The van der Waals surface area contributed by atoms with Crippen molar-refractivity contribution in [3.05, 3.63) is 42.1 Å². The lowest BCUT2D eigenvalue weighted by atomic mass is 9.91. The number of alkyl halides is 1. The SMILES string of the molecule is COCCNC1CCC(Nc2cc(-c3cc(NCC4(F)CCOCC4)ccc3F)c(F)cn2)CC1. The molecule has 1 saturated carbocycles. The summed E-state index contributed by atoms with van der Waals surface area (Å²) in [6.07, 6.45) is 5.72. The normalized spacial score (nSPS) is 22.1. The highest BCUT2D eigenvalue weighted by Crippen LogP contribution is 2.32. The van der Waals surface area contributed by atoms with Crippen molar-refractivity contribution in [2.24, 2.45) is 0 Å². The smallest absolute Gasteiger partial charge is 0.149 e. The molecule has 9 heteroatoms. The third-order valence-electron chi connectivity index (χ3n) is 6.93. The Bertz CT molecular complexity index is 964.